The lowest BCUT2D eigenvalue weighted by atomic mass is 10.1. The molecule has 3 rings (SSSR count). The third-order valence-electron chi connectivity index (χ3n) is 4.15. The summed E-state index contributed by atoms with van der Waals surface area (Å²) in [7, 11) is 3.71. The first kappa shape index (κ1) is 16.0. The number of rotatable bonds is 4. The van der Waals surface area contributed by atoms with E-state index in [0.717, 1.165) is 28.7 Å². The summed E-state index contributed by atoms with van der Waals surface area (Å²) in [5.41, 5.74) is 5.20. The van der Waals surface area contributed by atoms with E-state index < -0.39 is 0 Å². The first-order valence-corrected chi connectivity index (χ1v) is 7.96. The van der Waals surface area contributed by atoms with Gasteiger partial charge in [0.1, 0.15) is 0 Å². The van der Waals surface area contributed by atoms with E-state index in [0.29, 0.717) is 5.56 Å². The summed E-state index contributed by atoms with van der Waals surface area (Å²) in [5.74, 6) is -0.0643. The van der Waals surface area contributed by atoms with Gasteiger partial charge in [0.2, 0.25) is 0 Å². The standard InChI is InChI=1S/C20H21N3O/c1-14-4-9-18-17(12-14)19(10-11-22-18)23(3)13-15-5-7-16(8-6-15)20(24)21-2/h4-12H,13H2,1-3H3,(H,21,24). The molecule has 1 N–H and O–H groups in total. The normalized spacial score (nSPS) is 10.6. The highest BCUT2D eigenvalue weighted by molar-refractivity contribution is 5.94. The molecule has 0 aliphatic rings. The van der Waals surface area contributed by atoms with Gasteiger partial charge >= 0.3 is 0 Å². The fraction of sp³-hybridized carbons (Fsp3) is 0.200. The van der Waals surface area contributed by atoms with E-state index in [9.17, 15) is 4.79 Å². The molecule has 3 aromatic rings. The van der Waals surface area contributed by atoms with Crippen LogP contribution < -0.4 is 10.2 Å². The zero-order chi connectivity index (χ0) is 17.1. The lowest BCUT2D eigenvalue weighted by Crippen LogP contribution is -2.19. The van der Waals surface area contributed by atoms with E-state index in [1.807, 2.05) is 36.5 Å². The molecule has 4 nitrogen and oxygen atoms in total. The molecule has 0 unspecified atom stereocenters. The van der Waals surface area contributed by atoms with Gasteiger partial charge in [0, 0.05) is 43.5 Å². The lowest BCUT2D eigenvalue weighted by Gasteiger charge is -2.21. The number of anilines is 1. The zero-order valence-corrected chi connectivity index (χ0v) is 14.2. The third-order valence-corrected chi connectivity index (χ3v) is 4.15. The Balaban J connectivity index is 1.86. The highest BCUT2D eigenvalue weighted by atomic mass is 16.1. The number of carbonyl (C=O) groups excluding carboxylic acids is 1. The van der Waals surface area contributed by atoms with E-state index in [1.165, 1.54) is 5.56 Å². The number of aryl methyl sites for hydroxylation is 1. The Morgan fingerprint density at radius 1 is 1.12 bits per heavy atom. The summed E-state index contributed by atoms with van der Waals surface area (Å²) in [6.07, 6.45) is 1.85. The fourth-order valence-electron chi connectivity index (χ4n) is 2.84. The van der Waals surface area contributed by atoms with Crippen LogP contribution in [0.15, 0.2) is 54.7 Å². The maximum absolute atomic E-state index is 11.6. The van der Waals surface area contributed by atoms with E-state index in [2.05, 4.69) is 47.4 Å². The Labute approximate surface area is 142 Å². The summed E-state index contributed by atoms with van der Waals surface area (Å²) >= 11 is 0. The molecular formula is C20H21N3O. The molecule has 1 aromatic heterocycles. The Kier molecular flexibility index (Phi) is 4.47. The lowest BCUT2D eigenvalue weighted by molar-refractivity contribution is 0.0963. The van der Waals surface area contributed by atoms with E-state index in [-0.39, 0.29) is 5.91 Å². The summed E-state index contributed by atoms with van der Waals surface area (Å²) in [5, 5.41) is 3.79. The first-order chi connectivity index (χ1) is 11.6. The first-order valence-electron chi connectivity index (χ1n) is 7.96. The Morgan fingerprint density at radius 3 is 2.58 bits per heavy atom. The second kappa shape index (κ2) is 6.71. The predicted molar refractivity (Wildman–Crippen MR) is 98.4 cm³/mol. The van der Waals surface area contributed by atoms with E-state index in [4.69, 9.17) is 0 Å². The summed E-state index contributed by atoms with van der Waals surface area (Å²) in [6.45, 7) is 2.86. The summed E-state index contributed by atoms with van der Waals surface area (Å²) in [4.78, 5) is 18.3. The molecule has 0 aliphatic heterocycles. The summed E-state index contributed by atoms with van der Waals surface area (Å²) < 4.78 is 0. The van der Waals surface area contributed by atoms with Crippen LogP contribution >= 0.6 is 0 Å². The molecule has 1 heterocycles. The van der Waals surface area contributed by atoms with Crippen molar-refractivity contribution in [2.24, 2.45) is 0 Å². The van der Waals surface area contributed by atoms with Crippen LogP contribution in [-0.4, -0.2) is 25.0 Å². The van der Waals surface area contributed by atoms with Crippen molar-refractivity contribution < 1.29 is 4.79 Å². The van der Waals surface area contributed by atoms with Crippen LogP contribution in [0.25, 0.3) is 10.9 Å². The highest BCUT2D eigenvalue weighted by Crippen LogP contribution is 2.26. The Bertz CT molecular complexity index is 872. The Morgan fingerprint density at radius 2 is 1.88 bits per heavy atom. The maximum Gasteiger partial charge on any atom is 0.251 e. The molecule has 24 heavy (non-hydrogen) atoms. The maximum atomic E-state index is 11.6. The van der Waals surface area contributed by atoms with Crippen molar-refractivity contribution in [3.05, 3.63) is 71.4 Å². The van der Waals surface area contributed by atoms with E-state index >= 15 is 0 Å². The third kappa shape index (κ3) is 3.23. The largest absolute Gasteiger partial charge is 0.370 e. The van der Waals surface area contributed by atoms with Crippen molar-refractivity contribution >= 4 is 22.5 Å². The second-order valence-corrected chi connectivity index (χ2v) is 5.98. The van der Waals surface area contributed by atoms with Gasteiger partial charge in [0.25, 0.3) is 5.91 Å². The van der Waals surface area contributed by atoms with Crippen molar-refractivity contribution in [1.82, 2.24) is 10.3 Å². The molecule has 0 fully saturated rings. The average Bonchev–Trinajstić information content (AvgIpc) is 2.61. The van der Waals surface area contributed by atoms with Gasteiger partial charge in [0.05, 0.1) is 5.52 Å². The highest BCUT2D eigenvalue weighted by Gasteiger charge is 2.09. The van der Waals surface area contributed by atoms with Gasteiger partial charge in [-0.25, -0.2) is 0 Å². The number of pyridine rings is 1. The number of benzene rings is 2. The quantitative estimate of drug-likeness (QED) is 0.800. The molecule has 0 aliphatic carbocycles. The Hall–Kier alpha value is -2.88. The van der Waals surface area contributed by atoms with Gasteiger partial charge in [-0.05, 0) is 42.8 Å². The van der Waals surface area contributed by atoms with E-state index in [1.54, 1.807) is 7.05 Å². The van der Waals surface area contributed by atoms with Crippen molar-refractivity contribution in [3.8, 4) is 0 Å². The number of carbonyl (C=O) groups is 1. The zero-order valence-electron chi connectivity index (χ0n) is 14.2. The second-order valence-electron chi connectivity index (χ2n) is 5.98. The van der Waals surface area contributed by atoms with Crippen molar-refractivity contribution in [1.29, 1.82) is 0 Å². The number of fused-ring (bicyclic) bond motifs is 1. The minimum Gasteiger partial charge on any atom is -0.370 e. The van der Waals surface area contributed by atoms with Crippen molar-refractivity contribution in [2.45, 2.75) is 13.5 Å². The molecule has 1 amide bonds. The van der Waals surface area contributed by atoms with Crippen molar-refractivity contribution in [3.63, 3.8) is 0 Å². The molecule has 0 atom stereocenters. The monoisotopic (exact) mass is 319 g/mol. The molecule has 0 saturated heterocycles. The van der Waals surface area contributed by atoms with Gasteiger partial charge in [0.15, 0.2) is 0 Å². The van der Waals surface area contributed by atoms with Gasteiger partial charge in [-0.1, -0.05) is 23.8 Å². The SMILES string of the molecule is CNC(=O)c1ccc(CN(C)c2ccnc3ccc(C)cc23)cc1. The number of amides is 1. The molecule has 4 heteroatoms. The van der Waals surface area contributed by atoms with Gasteiger partial charge in [-0.15, -0.1) is 0 Å². The molecular weight excluding hydrogens is 298 g/mol. The number of hydrogen-bond acceptors (Lipinski definition) is 3. The minimum absolute atomic E-state index is 0.0643. The average molecular weight is 319 g/mol. The van der Waals surface area contributed by atoms with Crippen LogP contribution in [-0.2, 0) is 6.54 Å². The number of nitrogens with zero attached hydrogens (tertiary/aromatic N) is 2. The summed E-state index contributed by atoms with van der Waals surface area (Å²) in [6, 6.07) is 16.1. The minimum atomic E-state index is -0.0643. The van der Waals surface area contributed by atoms with Crippen LogP contribution in [0.1, 0.15) is 21.5 Å². The van der Waals surface area contributed by atoms with Gasteiger partial charge in [-0.2, -0.15) is 0 Å². The van der Waals surface area contributed by atoms with Crippen LogP contribution in [0.4, 0.5) is 5.69 Å². The number of aromatic nitrogens is 1. The smallest absolute Gasteiger partial charge is 0.251 e. The molecule has 0 saturated carbocycles. The molecule has 0 radical (unpaired) electrons. The van der Waals surface area contributed by atoms with Crippen LogP contribution in [0.5, 0.6) is 0 Å². The topological polar surface area (TPSA) is 45.2 Å². The molecule has 122 valence electrons. The molecule has 2 aromatic carbocycles. The number of hydrogen-bond donors (Lipinski definition) is 1. The van der Waals surface area contributed by atoms with Crippen LogP contribution in [0.2, 0.25) is 0 Å². The van der Waals surface area contributed by atoms with Crippen molar-refractivity contribution in [2.75, 3.05) is 19.0 Å². The van der Waals surface area contributed by atoms with Gasteiger partial charge < -0.3 is 10.2 Å². The van der Waals surface area contributed by atoms with Gasteiger partial charge in [-0.3, -0.25) is 9.78 Å². The predicted octanol–water partition coefficient (Wildman–Crippen LogP) is 3.54. The number of nitrogens with one attached hydrogen (secondary N) is 1. The molecule has 0 spiro atoms. The van der Waals surface area contributed by atoms with Crippen LogP contribution in [0, 0.1) is 6.92 Å². The molecule has 0 bridgehead atoms. The van der Waals surface area contributed by atoms with Crippen LogP contribution in [0.3, 0.4) is 0 Å². The fourth-order valence-corrected chi connectivity index (χ4v) is 2.84.